The van der Waals surface area contributed by atoms with Crippen molar-refractivity contribution >= 4 is 0 Å². The van der Waals surface area contributed by atoms with Crippen LogP contribution < -0.4 is 0 Å². The molecule has 0 aromatic carbocycles. The van der Waals surface area contributed by atoms with Crippen LogP contribution in [0.15, 0.2) is 25.3 Å². The van der Waals surface area contributed by atoms with Gasteiger partial charge in [0.05, 0.1) is 12.1 Å². The van der Waals surface area contributed by atoms with Gasteiger partial charge in [0.1, 0.15) is 5.41 Å². The van der Waals surface area contributed by atoms with E-state index in [1.54, 1.807) is 6.07 Å². The molecule has 0 aliphatic rings. The summed E-state index contributed by atoms with van der Waals surface area (Å²) in [6.07, 6.45) is 2.31. The van der Waals surface area contributed by atoms with Crippen molar-refractivity contribution in [1.82, 2.24) is 0 Å². The minimum absolute atomic E-state index is 0.282. The Morgan fingerprint density at radius 2 is 1.77 bits per heavy atom. The number of hydrogen-bond acceptors (Lipinski definition) is 3. The van der Waals surface area contributed by atoms with E-state index in [0.29, 0.717) is 0 Å². The Morgan fingerprint density at radius 3 is 2.00 bits per heavy atom. The van der Waals surface area contributed by atoms with Gasteiger partial charge in [-0.2, -0.15) is 10.5 Å². The van der Waals surface area contributed by atoms with Gasteiger partial charge < -0.3 is 5.11 Å². The molecule has 0 amide bonds. The standard InChI is InChI=1S/C10H12N2O/c1-3-5-10(8-12,6-4-2)9(13)7-11/h3-4,9,13H,1-2,5-6H2. The monoisotopic (exact) mass is 176 g/mol. The highest BCUT2D eigenvalue weighted by Crippen LogP contribution is 2.30. The number of nitrogens with zero attached hydrogens (tertiary/aromatic N) is 2. The maximum atomic E-state index is 9.35. The fourth-order valence-corrected chi connectivity index (χ4v) is 1.10. The van der Waals surface area contributed by atoms with Crippen LogP contribution in [-0.4, -0.2) is 11.2 Å². The third-order valence-electron chi connectivity index (χ3n) is 1.89. The van der Waals surface area contributed by atoms with Gasteiger partial charge in [-0.05, 0) is 12.8 Å². The number of nitriles is 2. The van der Waals surface area contributed by atoms with Crippen molar-refractivity contribution in [3.05, 3.63) is 25.3 Å². The van der Waals surface area contributed by atoms with Gasteiger partial charge in [0.15, 0.2) is 6.10 Å². The summed E-state index contributed by atoms with van der Waals surface area (Å²) >= 11 is 0. The van der Waals surface area contributed by atoms with Gasteiger partial charge in [-0.25, -0.2) is 0 Å². The molecule has 13 heavy (non-hydrogen) atoms. The van der Waals surface area contributed by atoms with Crippen LogP contribution in [0.2, 0.25) is 0 Å². The molecule has 3 nitrogen and oxygen atoms in total. The van der Waals surface area contributed by atoms with E-state index < -0.39 is 11.5 Å². The summed E-state index contributed by atoms with van der Waals surface area (Å²) in [5.74, 6) is 0. The summed E-state index contributed by atoms with van der Waals surface area (Å²) in [6.45, 7) is 6.97. The molecule has 68 valence electrons. The van der Waals surface area contributed by atoms with Crippen LogP contribution in [0, 0.1) is 28.1 Å². The Hall–Kier alpha value is -1.58. The second kappa shape index (κ2) is 5.13. The highest BCUT2D eigenvalue weighted by molar-refractivity contribution is 5.14. The maximum Gasteiger partial charge on any atom is 0.159 e. The summed E-state index contributed by atoms with van der Waals surface area (Å²) in [6, 6.07) is 3.62. The van der Waals surface area contributed by atoms with Gasteiger partial charge in [0.25, 0.3) is 0 Å². The molecule has 0 aliphatic heterocycles. The van der Waals surface area contributed by atoms with Crippen molar-refractivity contribution in [1.29, 1.82) is 10.5 Å². The molecule has 0 aliphatic carbocycles. The second-order valence-electron chi connectivity index (χ2n) is 2.79. The first kappa shape index (κ1) is 11.4. The number of aliphatic hydroxyl groups is 1. The van der Waals surface area contributed by atoms with Crippen molar-refractivity contribution in [2.75, 3.05) is 0 Å². The Balaban J connectivity index is 4.88. The number of aliphatic hydroxyl groups excluding tert-OH is 1. The molecule has 0 spiro atoms. The molecule has 0 aromatic rings. The van der Waals surface area contributed by atoms with E-state index in [2.05, 4.69) is 13.2 Å². The first-order valence-corrected chi connectivity index (χ1v) is 3.87. The molecule has 1 atom stereocenters. The lowest BCUT2D eigenvalue weighted by Gasteiger charge is -2.24. The molecule has 0 bridgehead atoms. The van der Waals surface area contributed by atoms with Crippen LogP contribution in [-0.2, 0) is 0 Å². The van der Waals surface area contributed by atoms with Crippen LogP contribution in [0.1, 0.15) is 12.8 Å². The topological polar surface area (TPSA) is 67.8 Å². The fraction of sp³-hybridized carbons (Fsp3) is 0.400. The van der Waals surface area contributed by atoms with Crippen LogP contribution >= 0.6 is 0 Å². The lowest BCUT2D eigenvalue weighted by Crippen LogP contribution is -2.31. The predicted molar refractivity (Wildman–Crippen MR) is 49.3 cm³/mol. The molecule has 0 rings (SSSR count). The molecule has 0 radical (unpaired) electrons. The van der Waals surface area contributed by atoms with Crippen LogP contribution in [0.4, 0.5) is 0 Å². The van der Waals surface area contributed by atoms with Gasteiger partial charge in [-0.3, -0.25) is 0 Å². The largest absolute Gasteiger partial charge is 0.376 e. The number of hydrogen-bond donors (Lipinski definition) is 1. The Labute approximate surface area is 78.2 Å². The van der Waals surface area contributed by atoms with E-state index in [4.69, 9.17) is 10.5 Å². The van der Waals surface area contributed by atoms with E-state index >= 15 is 0 Å². The van der Waals surface area contributed by atoms with Gasteiger partial charge in [-0.1, -0.05) is 12.2 Å². The Bertz CT molecular complexity index is 260. The molecule has 3 heteroatoms. The molecular weight excluding hydrogens is 164 g/mol. The van der Waals surface area contributed by atoms with Gasteiger partial charge in [-0.15, -0.1) is 13.2 Å². The molecule has 0 aromatic heterocycles. The highest BCUT2D eigenvalue weighted by Gasteiger charge is 2.36. The minimum Gasteiger partial charge on any atom is -0.376 e. The summed E-state index contributed by atoms with van der Waals surface area (Å²) < 4.78 is 0. The average molecular weight is 176 g/mol. The number of rotatable bonds is 5. The zero-order chi connectivity index (χ0) is 10.3. The van der Waals surface area contributed by atoms with Crippen molar-refractivity contribution in [3.63, 3.8) is 0 Å². The summed E-state index contributed by atoms with van der Waals surface area (Å²) in [5.41, 5.74) is -1.09. The third-order valence-corrected chi connectivity index (χ3v) is 1.89. The quantitative estimate of drug-likeness (QED) is 0.510. The summed E-state index contributed by atoms with van der Waals surface area (Å²) in [7, 11) is 0. The van der Waals surface area contributed by atoms with E-state index in [1.807, 2.05) is 6.07 Å². The van der Waals surface area contributed by atoms with Gasteiger partial charge in [0, 0.05) is 0 Å². The normalized spacial score (nSPS) is 12.2. The maximum absolute atomic E-state index is 9.35. The lowest BCUT2D eigenvalue weighted by atomic mass is 9.78. The zero-order valence-electron chi connectivity index (χ0n) is 7.40. The highest BCUT2D eigenvalue weighted by atomic mass is 16.3. The third kappa shape index (κ3) is 2.43. The van der Waals surface area contributed by atoms with Crippen molar-refractivity contribution in [2.45, 2.75) is 18.9 Å². The van der Waals surface area contributed by atoms with E-state index in [1.165, 1.54) is 12.2 Å². The molecule has 0 fully saturated rings. The zero-order valence-corrected chi connectivity index (χ0v) is 7.40. The smallest absolute Gasteiger partial charge is 0.159 e. The van der Waals surface area contributed by atoms with E-state index in [0.717, 1.165) is 0 Å². The molecule has 0 saturated carbocycles. The number of allylic oxidation sites excluding steroid dienone is 2. The van der Waals surface area contributed by atoms with Crippen LogP contribution in [0.3, 0.4) is 0 Å². The van der Waals surface area contributed by atoms with Crippen molar-refractivity contribution in [3.8, 4) is 12.1 Å². The fourth-order valence-electron chi connectivity index (χ4n) is 1.10. The lowest BCUT2D eigenvalue weighted by molar-refractivity contribution is 0.115. The first-order chi connectivity index (χ1) is 6.16. The summed E-state index contributed by atoms with van der Waals surface area (Å²) in [4.78, 5) is 0. The first-order valence-electron chi connectivity index (χ1n) is 3.87. The van der Waals surface area contributed by atoms with Gasteiger partial charge >= 0.3 is 0 Å². The predicted octanol–water partition coefficient (Wildman–Crippen LogP) is 1.53. The Kier molecular flexibility index (Phi) is 4.51. The Morgan fingerprint density at radius 1 is 1.31 bits per heavy atom. The molecular formula is C10H12N2O. The van der Waals surface area contributed by atoms with E-state index in [9.17, 15) is 5.11 Å². The van der Waals surface area contributed by atoms with Gasteiger partial charge in [0.2, 0.25) is 0 Å². The molecule has 1 unspecified atom stereocenters. The van der Waals surface area contributed by atoms with Crippen molar-refractivity contribution in [2.24, 2.45) is 5.41 Å². The minimum atomic E-state index is -1.30. The van der Waals surface area contributed by atoms with Crippen LogP contribution in [0.25, 0.3) is 0 Å². The molecule has 0 heterocycles. The van der Waals surface area contributed by atoms with Crippen LogP contribution in [0.5, 0.6) is 0 Å². The SMILES string of the molecule is C=CCC(C#N)(CC=C)C(O)C#N. The average Bonchev–Trinajstić information content (AvgIpc) is 2.16. The second-order valence-corrected chi connectivity index (χ2v) is 2.79. The summed E-state index contributed by atoms with van der Waals surface area (Å²) in [5, 5.41) is 26.8. The van der Waals surface area contributed by atoms with E-state index in [-0.39, 0.29) is 12.8 Å². The molecule has 1 N–H and O–H groups in total. The molecule has 0 saturated heterocycles. The van der Waals surface area contributed by atoms with Crippen molar-refractivity contribution < 1.29 is 5.11 Å².